The first kappa shape index (κ1) is 18.2. The van der Waals surface area contributed by atoms with Crippen LogP contribution in [0.4, 0.5) is 0 Å². The second-order valence-corrected chi connectivity index (χ2v) is 5.41. The Morgan fingerprint density at radius 2 is 1.91 bits per heavy atom. The van der Waals surface area contributed by atoms with Crippen molar-refractivity contribution < 1.29 is 4.79 Å². The number of nitrogens with zero attached hydrogens (tertiary/aromatic N) is 2. The number of carbonyl (C=O) groups excluding carboxylic acids is 1. The van der Waals surface area contributed by atoms with Gasteiger partial charge in [0.15, 0.2) is 0 Å². The maximum absolute atomic E-state index is 11.6. The molecule has 1 amide bonds. The van der Waals surface area contributed by atoms with E-state index in [0.29, 0.717) is 13.1 Å². The van der Waals surface area contributed by atoms with Crippen LogP contribution in [-0.4, -0.2) is 15.5 Å². The van der Waals surface area contributed by atoms with Gasteiger partial charge in [-0.15, -0.1) is 0 Å². The topological polar surface area (TPSA) is 46.9 Å². The third kappa shape index (κ3) is 5.53. The summed E-state index contributed by atoms with van der Waals surface area (Å²) in [7, 11) is 0. The molecule has 0 aliphatic rings. The van der Waals surface area contributed by atoms with Crippen molar-refractivity contribution in [2.45, 2.75) is 40.8 Å². The van der Waals surface area contributed by atoms with E-state index in [-0.39, 0.29) is 11.8 Å². The zero-order chi connectivity index (χ0) is 16.5. The highest BCUT2D eigenvalue weighted by Crippen LogP contribution is 2.11. The number of imidazole rings is 1. The lowest BCUT2D eigenvalue weighted by Gasteiger charge is -2.10. The minimum atomic E-state index is -0.0188. The highest BCUT2D eigenvalue weighted by atomic mass is 35.5. The van der Waals surface area contributed by atoms with Crippen molar-refractivity contribution in [1.82, 2.24) is 14.9 Å². The highest BCUT2D eigenvalue weighted by Gasteiger charge is 2.09. The zero-order valence-electron chi connectivity index (χ0n) is 13.6. The van der Waals surface area contributed by atoms with Gasteiger partial charge >= 0.3 is 0 Å². The van der Waals surface area contributed by atoms with Gasteiger partial charge in [-0.1, -0.05) is 51.4 Å². The summed E-state index contributed by atoms with van der Waals surface area (Å²) in [5.74, 6) is 0.856. The average molecular weight is 322 g/mol. The van der Waals surface area contributed by atoms with Crippen LogP contribution in [-0.2, 0) is 17.9 Å². The Kier molecular flexibility index (Phi) is 7.67. The maximum atomic E-state index is 11.6. The Balaban J connectivity index is 0.00000116. The highest BCUT2D eigenvalue weighted by molar-refractivity contribution is 6.30. The normalized spacial score (nSPS) is 10.1. The van der Waals surface area contributed by atoms with E-state index in [1.54, 1.807) is 6.20 Å². The molecule has 0 fully saturated rings. The van der Waals surface area contributed by atoms with E-state index in [1.165, 1.54) is 0 Å². The molecule has 0 saturated heterocycles. The average Bonchev–Trinajstić information content (AvgIpc) is 2.96. The first-order valence-electron chi connectivity index (χ1n) is 7.58. The molecule has 0 aliphatic carbocycles. The summed E-state index contributed by atoms with van der Waals surface area (Å²) in [5, 5.41) is 3.60. The van der Waals surface area contributed by atoms with Crippen LogP contribution in [0.2, 0.25) is 5.02 Å². The van der Waals surface area contributed by atoms with E-state index in [0.717, 1.165) is 16.4 Å². The van der Waals surface area contributed by atoms with E-state index >= 15 is 0 Å². The number of benzene rings is 1. The number of amides is 1. The molecule has 1 heterocycles. The first-order chi connectivity index (χ1) is 10.6. The van der Waals surface area contributed by atoms with Crippen molar-refractivity contribution in [2.24, 2.45) is 5.92 Å². The van der Waals surface area contributed by atoms with E-state index in [2.05, 4.69) is 10.3 Å². The van der Waals surface area contributed by atoms with E-state index in [9.17, 15) is 4.79 Å². The molecule has 0 radical (unpaired) electrons. The molecule has 2 aromatic rings. The van der Waals surface area contributed by atoms with Crippen molar-refractivity contribution >= 4 is 17.5 Å². The molecule has 120 valence electrons. The molecule has 1 N–H and O–H groups in total. The molecule has 22 heavy (non-hydrogen) atoms. The van der Waals surface area contributed by atoms with Crippen LogP contribution < -0.4 is 5.32 Å². The van der Waals surface area contributed by atoms with Gasteiger partial charge in [0, 0.05) is 29.9 Å². The van der Waals surface area contributed by atoms with Gasteiger partial charge in [0.25, 0.3) is 0 Å². The number of nitrogens with one attached hydrogen (secondary N) is 1. The lowest BCUT2D eigenvalue weighted by Crippen LogP contribution is -2.28. The van der Waals surface area contributed by atoms with Crippen LogP contribution in [0, 0.1) is 5.92 Å². The third-order valence-electron chi connectivity index (χ3n) is 3.01. The van der Waals surface area contributed by atoms with Gasteiger partial charge < -0.3 is 9.88 Å². The Morgan fingerprint density at radius 1 is 1.27 bits per heavy atom. The molecule has 0 spiro atoms. The molecule has 1 aromatic carbocycles. The van der Waals surface area contributed by atoms with Crippen LogP contribution in [0.15, 0.2) is 36.7 Å². The van der Waals surface area contributed by atoms with Gasteiger partial charge in [0.2, 0.25) is 5.91 Å². The maximum Gasteiger partial charge on any atom is 0.222 e. The van der Waals surface area contributed by atoms with E-state index in [4.69, 9.17) is 11.6 Å². The smallest absolute Gasteiger partial charge is 0.222 e. The Hall–Kier alpha value is -1.81. The fraction of sp³-hybridized carbons (Fsp3) is 0.412. The second-order valence-electron chi connectivity index (χ2n) is 4.97. The predicted octanol–water partition coefficient (Wildman–Crippen LogP) is 3.88. The monoisotopic (exact) mass is 321 g/mol. The van der Waals surface area contributed by atoms with Crippen LogP contribution in [0.5, 0.6) is 0 Å². The molecule has 0 aliphatic heterocycles. The van der Waals surface area contributed by atoms with Gasteiger partial charge in [0.05, 0.1) is 6.54 Å². The summed E-state index contributed by atoms with van der Waals surface area (Å²) in [6.45, 7) is 8.90. The molecule has 1 aromatic heterocycles. The van der Waals surface area contributed by atoms with Gasteiger partial charge in [-0.05, 0) is 17.7 Å². The molecule has 2 rings (SSSR count). The number of hydrogen-bond donors (Lipinski definition) is 1. The lowest BCUT2D eigenvalue weighted by molar-refractivity contribution is -0.124. The first-order valence-corrected chi connectivity index (χ1v) is 7.96. The Morgan fingerprint density at radius 3 is 2.50 bits per heavy atom. The number of hydrogen-bond acceptors (Lipinski definition) is 2. The fourth-order valence-electron chi connectivity index (χ4n) is 1.81. The molecule has 0 atom stereocenters. The quantitative estimate of drug-likeness (QED) is 0.908. The molecule has 4 nitrogen and oxygen atoms in total. The van der Waals surface area contributed by atoms with Crippen molar-refractivity contribution in [3.05, 3.63) is 53.1 Å². The SMILES string of the molecule is CC.CC(C)C(=O)NCc1nccn1Cc1ccc(Cl)cc1. The van der Waals surface area contributed by atoms with E-state index in [1.807, 2.05) is 62.7 Å². The molecule has 0 bridgehead atoms. The number of aromatic nitrogens is 2. The summed E-state index contributed by atoms with van der Waals surface area (Å²) in [6, 6.07) is 7.71. The minimum Gasteiger partial charge on any atom is -0.349 e. The van der Waals surface area contributed by atoms with Crippen molar-refractivity contribution in [3.63, 3.8) is 0 Å². The summed E-state index contributed by atoms with van der Waals surface area (Å²) in [6.07, 6.45) is 3.65. The summed E-state index contributed by atoms with van der Waals surface area (Å²) in [4.78, 5) is 15.9. The molecular formula is C17H24ClN3O. The third-order valence-corrected chi connectivity index (χ3v) is 3.26. The fourth-order valence-corrected chi connectivity index (χ4v) is 1.93. The minimum absolute atomic E-state index is 0.0188. The summed E-state index contributed by atoms with van der Waals surface area (Å²) in [5.41, 5.74) is 1.14. The zero-order valence-corrected chi connectivity index (χ0v) is 14.4. The van der Waals surface area contributed by atoms with Gasteiger partial charge in [-0.25, -0.2) is 4.98 Å². The van der Waals surface area contributed by atoms with Crippen molar-refractivity contribution in [2.75, 3.05) is 0 Å². The van der Waals surface area contributed by atoms with Gasteiger partial charge in [0.1, 0.15) is 5.82 Å². The van der Waals surface area contributed by atoms with Crippen molar-refractivity contribution in [3.8, 4) is 0 Å². The Bertz CT molecular complexity index is 576. The summed E-state index contributed by atoms with van der Waals surface area (Å²) < 4.78 is 2.02. The van der Waals surface area contributed by atoms with Crippen LogP contribution in [0.1, 0.15) is 39.1 Å². The molecule has 0 unspecified atom stereocenters. The number of halogens is 1. The van der Waals surface area contributed by atoms with Crippen molar-refractivity contribution in [1.29, 1.82) is 0 Å². The van der Waals surface area contributed by atoms with Crippen LogP contribution in [0.3, 0.4) is 0 Å². The van der Waals surface area contributed by atoms with Gasteiger partial charge in [-0.3, -0.25) is 4.79 Å². The summed E-state index contributed by atoms with van der Waals surface area (Å²) >= 11 is 5.87. The molecule has 5 heteroatoms. The number of carbonyl (C=O) groups is 1. The van der Waals surface area contributed by atoms with Crippen LogP contribution in [0.25, 0.3) is 0 Å². The molecular weight excluding hydrogens is 298 g/mol. The van der Waals surface area contributed by atoms with Crippen LogP contribution >= 0.6 is 11.6 Å². The predicted molar refractivity (Wildman–Crippen MR) is 90.8 cm³/mol. The molecule has 0 saturated carbocycles. The second kappa shape index (κ2) is 9.26. The Labute approximate surface area is 137 Å². The largest absolute Gasteiger partial charge is 0.349 e. The van der Waals surface area contributed by atoms with E-state index < -0.39 is 0 Å². The lowest BCUT2D eigenvalue weighted by atomic mass is 10.2. The standard InChI is InChI=1S/C15H18ClN3O.C2H6/c1-11(2)15(20)18-9-14-17-7-8-19(14)10-12-3-5-13(16)6-4-12;1-2/h3-8,11H,9-10H2,1-2H3,(H,18,20);1-2H3. The van der Waals surface area contributed by atoms with Gasteiger partial charge in [-0.2, -0.15) is 0 Å². The number of rotatable bonds is 5.